The van der Waals surface area contributed by atoms with Crippen molar-refractivity contribution in [2.24, 2.45) is 17.6 Å². The Hall–Kier alpha value is -3.91. The molecule has 0 heterocycles. The lowest BCUT2D eigenvalue weighted by Gasteiger charge is -2.25. The largest absolute Gasteiger partial charge is 0.445 e. The van der Waals surface area contributed by atoms with E-state index in [1.807, 2.05) is 20.9 Å². The minimum absolute atomic E-state index is 0.0731. The maximum Gasteiger partial charge on any atom is 0.409 e. The molecule has 1 aromatic rings. The number of likely N-dealkylation sites (N-methyl/N-ethyl adjacent to an activating group) is 2. The van der Waals surface area contributed by atoms with Gasteiger partial charge in [0.15, 0.2) is 0 Å². The van der Waals surface area contributed by atoms with Crippen molar-refractivity contribution in [1.29, 1.82) is 0 Å². The Balaban J connectivity index is 2.80. The minimum Gasteiger partial charge on any atom is -0.445 e. The number of rotatable bonds is 20. The van der Waals surface area contributed by atoms with Crippen molar-refractivity contribution in [2.45, 2.75) is 79.1 Å². The van der Waals surface area contributed by atoms with E-state index < -0.39 is 30.1 Å². The zero-order valence-electron chi connectivity index (χ0n) is 28.8. The highest BCUT2D eigenvalue weighted by atomic mass is 16.6. The predicted molar refractivity (Wildman–Crippen MR) is 179 cm³/mol. The van der Waals surface area contributed by atoms with E-state index in [2.05, 4.69) is 45.3 Å². The summed E-state index contributed by atoms with van der Waals surface area (Å²) in [5, 5.41) is 14.1. The molecule has 0 fully saturated rings. The Bertz CT molecular complexity index is 1110. The van der Waals surface area contributed by atoms with Gasteiger partial charge in [0.05, 0.1) is 6.04 Å². The molecule has 0 bridgehead atoms. The van der Waals surface area contributed by atoms with Crippen molar-refractivity contribution < 1.29 is 28.7 Å². The lowest BCUT2D eigenvalue weighted by molar-refractivity contribution is -0.128. The van der Waals surface area contributed by atoms with Crippen molar-refractivity contribution in [1.82, 2.24) is 31.1 Å². The molecule has 46 heavy (non-hydrogen) atoms. The van der Waals surface area contributed by atoms with E-state index in [1.54, 1.807) is 45.2 Å². The topological polar surface area (TPSA) is 187 Å². The summed E-state index contributed by atoms with van der Waals surface area (Å²) in [5.41, 5.74) is 6.40. The standard InChI is InChI=1S/C32H56N8O6/c1-21(2)27(34-16-17-35-28(41)22(3)4)30(43)38-26(10-9-15-36-31(33)44)29(42)37-25-13-11-24(12-14-25)20-46-32(45)40(8)19-18-39(7)23(5)6/h11-14,21-23,26-27,34H,9-10,15-20H2,1-8H3,(H,35,41)(H,37,42)(H,38,43)(H3,33,36,44)/t26-,27-/m1/s1. The minimum atomic E-state index is -0.892. The number of carbonyl (C=O) groups is 5. The SMILES string of the molecule is CC(C)C(=O)NCCN[C@@H](C(=O)N[C@H](CCCNC(N)=O)C(=O)Nc1ccc(COC(=O)N(C)CCN(C)C(C)C)cc1)C(C)C. The molecule has 1 rings (SSSR count). The van der Waals surface area contributed by atoms with Crippen molar-refractivity contribution in [2.75, 3.05) is 52.1 Å². The number of hydrogen-bond donors (Lipinski definition) is 6. The Morgan fingerprint density at radius 1 is 0.826 bits per heavy atom. The van der Waals surface area contributed by atoms with Gasteiger partial charge in [-0.05, 0) is 57.4 Å². The third kappa shape index (κ3) is 15.9. The maximum absolute atomic E-state index is 13.3. The van der Waals surface area contributed by atoms with Crippen LogP contribution in [0.2, 0.25) is 0 Å². The third-order valence-corrected chi connectivity index (χ3v) is 7.43. The Morgan fingerprint density at radius 3 is 2.04 bits per heavy atom. The predicted octanol–water partition coefficient (Wildman–Crippen LogP) is 1.85. The highest BCUT2D eigenvalue weighted by molar-refractivity contribution is 5.97. The molecule has 7 N–H and O–H groups in total. The van der Waals surface area contributed by atoms with Crippen LogP contribution in [0.15, 0.2) is 24.3 Å². The Morgan fingerprint density at radius 2 is 1.48 bits per heavy atom. The molecule has 0 saturated carbocycles. The van der Waals surface area contributed by atoms with Gasteiger partial charge in [-0.3, -0.25) is 14.4 Å². The van der Waals surface area contributed by atoms with E-state index in [1.165, 1.54) is 4.90 Å². The van der Waals surface area contributed by atoms with Gasteiger partial charge in [0.2, 0.25) is 17.7 Å². The second kappa shape index (κ2) is 21.0. The first-order valence-corrected chi connectivity index (χ1v) is 15.9. The van der Waals surface area contributed by atoms with E-state index in [0.29, 0.717) is 37.8 Å². The molecule has 2 atom stereocenters. The molecule has 0 aliphatic carbocycles. The second-order valence-corrected chi connectivity index (χ2v) is 12.4. The number of primary amides is 1. The molecule has 0 spiro atoms. The van der Waals surface area contributed by atoms with Gasteiger partial charge in [-0.2, -0.15) is 0 Å². The lowest BCUT2D eigenvalue weighted by Crippen LogP contribution is -2.54. The number of nitrogens with two attached hydrogens (primary N) is 1. The van der Waals surface area contributed by atoms with Crippen LogP contribution in [0.4, 0.5) is 15.3 Å². The van der Waals surface area contributed by atoms with Crippen molar-refractivity contribution in [3.8, 4) is 0 Å². The highest BCUT2D eigenvalue weighted by Crippen LogP contribution is 2.13. The van der Waals surface area contributed by atoms with Gasteiger partial charge in [0, 0.05) is 57.4 Å². The molecule has 14 nitrogen and oxygen atoms in total. The van der Waals surface area contributed by atoms with Gasteiger partial charge in [0.1, 0.15) is 12.6 Å². The van der Waals surface area contributed by atoms with Crippen molar-refractivity contribution in [3.63, 3.8) is 0 Å². The van der Waals surface area contributed by atoms with Crippen LogP contribution in [-0.4, -0.2) is 105 Å². The van der Waals surface area contributed by atoms with Crippen LogP contribution in [-0.2, 0) is 25.7 Å². The number of nitrogens with one attached hydrogen (secondary N) is 5. The van der Waals surface area contributed by atoms with Crippen molar-refractivity contribution in [3.05, 3.63) is 29.8 Å². The Kier molecular flexibility index (Phi) is 18.3. The molecule has 6 amide bonds. The van der Waals surface area contributed by atoms with Crippen LogP contribution < -0.4 is 32.3 Å². The van der Waals surface area contributed by atoms with Gasteiger partial charge in [-0.25, -0.2) is 9.59 Å². The van der Waals surface area contributed by atoms with Gasteiger partial charge >= 0.3 is 12.1 Å². The van der Waals surface area contributed by atoms with E-state index >= 15 is 0 Å². The van der Waals surface area contributed by atoms with Crippen LogP contribution >= 0.6 is 0 Å². The second-order valence-electron chi connectivity index (χ2n) is 12.4. The fourth-order valence-electron chi connectivity index (χ4n) is 4.12. The Labute approximate surface area is 273 Å². The third-order valence-electron chi connectivity index (χ3n) is 7.43. The quantitative estimate of drug-likeness (QED) is 0.116. The zero-order chi connectivity index (χ0) is 34.8. The van der Waals surface area contributed by atoms with Crippen LogP contribution in [0, 0.1) is 11.8 Å². The number of urea groups is 1. The van der Waals surface area contributed by atoms with E-state index in [0.717, 1.165) is 12.1 Å². The molecule has 0 saturated heterocycles. The smallest absolute Gasteiger partial charge is 0.409 e. The molecule has 0 aliphatic rings. The molecule has 1 aromatic carbocycles. The number of anilines is 1. The highest BCUT2D eigenvalue weighted by Gasteiger charge is 2.27. The molecule has 260 valence electrons. The van der Waals surface area contributed by atoms with Gasteiger partial charge in [0.25, 0.3) is 0 Å². The summed E-state index contributed by atoms with van der Waals surface area (Å²) < 4.78 is 5.42. The fourth-order valence-corrected chi connectivity index (χ4v) is 4.12. The van der Waals surface area contributed by atoms with Gasteiger partial charge in [-0.15, -0.1) is 0 Å². The number of amides is 6. The summed E-state index contributed by atoms with van der Waals surface area (Å²) >= 11 is 0. The van der Waals surface area contributed by atoms with Gasteiger partial charge < -0.3 is 46.9 Å². The normalized spacial score (nSPS) is 12.5. The van der Waals surface area contributed by atoms with Crippen LogP contribution in [0.1, 0.15) is 59.9 Å². The number of nitrogens with zero attached hydrogens (tertiary/aromatic N) is 2. The fraction of sp³-hybridized carbons (Fsp3) is 0.656. The maximum atomic E-state index is 13.3. The van der Waals surface area contributed by atoms with E-state index in [9.17, 15) is 24.0 Å². The summed E-state index contributed by atoms with van der Waals surface area (Å²) in [6.45, 7) is 13.9. The first-order chi connectivity index (χ1) is 21.6. The summed E-state index contributed by atoms with van der Waals surface area (Å²) in [5.74, 6) is -1.09. The van der Waals surface area contributed by atoms with Crippen molar-refractivity contribution >= 4 is 35.5 Å². The summed E-state index contributed by atoms with van der Waals surface area (Å²) in [6.07, 6.45) is 0.227. The molecular weight excluding hydrogens is 592 g/mol. The van der Waals surface area contributed by atoms with Gasteiger partial charge in [-0.1, -0.05) is 39.8 Å². The van der Waals surface area contributed by atoms with E-state index in [-0.39, 0.29) is 43.2 Å². The number of ether oxygens (including phenoxy) is 1. The van der Waals surface area contributed by atoms with E-state index in [4.69, 9.17) is 10.5 Å². The number of hydrogen-bond acceptors (Lipinski definition) is 8. The first kappa shape index (κ1) is 40.1. The number of carbonyl (C=O) groups excluding carboxylic acids is 5. The first-order valence-electron chi connectivity index (χ1n) is 15.9. The summed E-state index contributed by atoms with van der Waals surface area (Å²) in [4.78, 5) is 65.6. The lowest BCUT2D eigenvalue weighted by atomic mass is 10.0. The van der Waals surface area contributed by atoms with Crippen LogP contribution in [0.3, 0.4) is 0 Å². The molecule has 0 radical (unpaired) electrons. The molecule has 0 aromatic heterocycles. The molecular formula is C32H56N8O6. The average molecular weight is 649 g/mol. The summed E-state index contributed by atoms with van der Waals surface area (Å²) in [6, 6.07) is 5.09. The monoisotopic (exact) mass is 648 g/mol. The molecule has 14 heteroatoms. The molecule has 0 aliphatic heterocycles. The summed E-state index contributed by atoms with van der Waals surface area (Å²) in [7, 11) is 3.70. The average Bonchev–Trinajstić information content (AvgIpc) is 2.99. The number of benzene rings is 1. The zero-order valence-corrected chi connectivity index (χ0v) is 28.8. The molecule has 0 unspecified atom stereocenters. The van der Waals surface area contributed by atoms with Crippen LogP contribution in [0.25, 0.3) is 0 Å². The van der Waals surface area contributed by atoms with Crippen LogP contribution in [0.5, 0.6) is 0 Å².